The Bertz CT molecular complexity index is 908. The van der Waals surface area contributed by atoms with Gasteiger partial charge in [-0.05, 0) is 50.5 Å². The maximum Gasteiger partial charge on any atom is 0.310 e. The molecule has 3 aromatic rings. The monoisotopic (exact) mass is 340 g/mol. The van der Waals surface area contributed by atoms with Crippen LogP contribution in [-0.4, -0.2) is 16.2 Å². The van der Waals surface area contributed by atoms with Crippen LogP contribution in [0.25, 0.3) is 11.5 Å². The van der Waals surface area contributed by atoms with Crippen molar-refractivity contribution in [2.24, 2.45) is 0 Å². The molecule has 0 saturated heterocycles. The van der Waals surface area contributed by atoms with Gasteiger partial charge in [-0.3, -0.25) is 4.79 Å². The van der Waals surface area contributed by atoms with E-state index < -0.39 is 0 Å². The predicted octanol–water partition coefficient (Wildman–Crippen LogP) is 3.85. The van der Waals surface area contributed by atoms with Crippen molar-refractivity contribution in [2.75, 3.05) is 0 Å². The third-order valence-electron chi connectivity index (χ3n) is 4.01. The summed E-state index contributed by atoms with van der Waals surface area (Å²) in [4.78, 5) is 12.0. The summed E-state index contributed by atoms with van der Waals surface area (Å²) < 4.78 is 16.2. The highest BCUT2D eigenvalue weighted by molar-refractivity contribution is 5.72. The van der Waals surface area contributed by atoms with Crippen LogP contribution in [0.4, 0.5) is 0 Å². The van der Waals surface area contributed by atoms with E-state index in [1.54, 1.807) is 0 Å². The quantitative estimate of drug-likeness (QED) is 0.657. The van der Waals surface area contributed by atoms with E-state index in [0.717, 1.165) is 22.5 Å². The summed E-state index contributed by atoms with van der Waals surface area (Å²) in [5, 5.41) is 7.89. The summed E-state index contributed by atoms with van der Waals surface area (Å²) >= 11 is 0. The van der Waals surface area contributed by atoms with E-state index in [1.807, 2.05) is 52.0 Å². The first-order valence-electron chi connectivity index (χ1n) is 8.04. The average Bonchev–Trinajstić information content (AvgIpc) is 3.15. The Hall–Kier alpha value is -2.89. The van der Waals surface area contributed by atoms with Crippen molar-refractivity contribution in [3.63, 3.8) is 0 Å². The molecule has 0 amide bonds. The number of carbonyl (C=O) groups excluding carboxylic acids is 1. The summed E-state index contributed by atoms with van der Waals surface area (Å²) in [6, 6.07) is 7.75. The highest BCUT2D eigenvalue weighted by atomic mass is 16.5. The molecule has 6 heteroatoms. The van der Waals surface area contributed by atoms with Crippen LogP contribution < -0.4 is 0 Å². The molecule has 0 N–H and O–H groups in total. The SMILES string of the molecule is Cc1cc(-c2nnc(COC(=O)Cc3ccc(C)c(C)c3)o2)c(C)o1. The van der Waals surface area contributed by atoms with Crippen LogP contribution in [0, 0.1) is 27.7 Å². The highest BCUT2D eigenvalue weighted by Gasteiger charge is 2.15. The van der Waals surface area contributed by atoms with E-state index in [9.17, 15) is 4.79 Å². The third-order valence-corrected chi connectivity index (χ3v) is 4.01. The molecule has 6 nitrogen and oxygen atoms in total. The van der Waals surface area contributed by atoms with Gasteiger partial charge in [0, 0.05) is 0 Å². The minimum atomic E-state index is -0.335. The van der Waals surface area contributed by atoms with E-state index in [2.05, 4.69) is 10.2 Å². The fourth-order valence-corrected chi connectivity index (χ4v) is 2.54. The van der Waals surface area contributed by atoms with E-state index in [0.29, 0.717) is 11.7 Å². The Balaban J connectivity index is 1.59. The van der Waals surface area contributed by atoms with Gasteiger partial charge in [0.05, 0.1) is 12.0 Å². The van der Waals surface area contributed by atoms with Crippen LogP contribution >= 0.6 is 0 Å². The van der Waals surface area contributed by atoms with Gasteiger partial charge < -0.3 is 13.6 Å². The van der Waals surface area contributed by atoms with Crippen molar-refractivity contribution in [1.29, 1.82) is 0 Å². The lowest BCUT2D eigenvalue weighted by Crippen LogP contribution is -2.08. The molecule has 0 radical (unpaired) electrons. The van der Waals surface area contributed by atoms with Crippen LogP contribution in [-0.2, 0) is 22.6 Å². The zero-order chi connectivity index (χ0) is 18.0. The molecular weight excluding hydrogens is 320 g/mol. The van der Waals surface area contributed by atoms with Crippen molar-refractivity contribution >= 4 is 5.97 Å². The molecule has 0 aliphatic carbocycles. The Morgan fingerprint density at radius 3 is 2.52 bits per heavy atom. The zero-order valence-electron chi connectivity index (χ0n) is 14.8. The van der Waals surface area contributed by atoms with Crippen LogP contribution in [0.2, 0.25) is 0 Å². The van der Waals surface area contributed by atoms with Crippen LogP contribution in [0.1, 0.15) is 34.1 Å². The Morgan fingerprint density at radius 2 is 1.84 bits per heavy atom. The van der Waals surface area contributed by atoms with Crippen molar-refractivity contribution in [3.8, 4) is 11.5 Å². The Morgan fingerprint density at radius 1 is 1.04 bits per heavy atom. The molecule has 0 aliphatic heterocycles. The molecule has 0 bridgehead atoms. The number of esters is 1. The number of hydrogen-bond acceptors (Lipinski definition) is 6. The molecule has 0 spiro atoms. The minimum absolute atomic E-state index is 0.0490. The molecule has 0 unspecified atom stereocenters. The molecule has 130 valence electrons. The summed E-state index contributed by atoms with van der Waals surface area (Å²) in [5.41, 5.74) is 4.01. The first kappa shape index (κ1) is 17.0. The topological polar surface area (TPSA) is 78.4 Å². The average molecular weight is 340 g/mol. The molecule has 2 heterocycles. The van der Waals surface area contributed by atoms with Gasteiger partial charge in [-0.2, -0.15) is 0 Å². The number of benzene rings is 1. The standard InChI is InChI=1S/C19H20N2O4/c1-11-5-6-15(7-12(11)2)9-18(22)23-10-17-20-21-19(25-17)16-8-13(3)24-14(16)4/h5-8H,9-10H2,1-4H3. The summed E-state index contributed by atoms with van der Waals surface area (Å²) in [6.07, 6.45) is 0.210. The number of hydrogen-bond donors (Lipinski definition) is 0. The van der Waals surface area contributed by atoms with Gasteiger partial charge in [-0.1, -0.05) is 18.2 Å². The fraction of sp³-hybridized carbons (Fsp3) is 0.316. The van der Waals surface area contributed by atoms with Crippen LogP contribution in [0.3, 0.4) is 0 Å². The van der Waals surface area contributed by atoms with Crippen LogP contribution in [0.15, 0.2) is 33.1 Å². The Labute approximate surface area is 145 Å². The molecule has 0 fully saturated rings. The number of carbonyl (C=O) groups is 1. The van der Waals surface area contributed by atoms with Gasteiger partial charge in [0.2, 0.25) is 0 Å². The van der Waals surface area contributed by atoms with Gasteiger partial charge in [-0.25, -0.2) is 0 Å². The third kappa shape index (κ3) is 3.96. The number of furan rings is 1. The lowest BCUT2D eigenvalue weighted by atomic mass is 10.0. The van der Waals surface area contributed by atoms with Crippen molar-refractivity contribution in [2.45, 2.75) is 40.7 Å². The maximum atomic E-state index is 12.0. The number of aryl methyl sites for hydroxylation is 4. The molecule has 25 heavy (non-hydrogen) atoms. The van der Waals surface area contributed by atoms with Crippen LogP contribution in [0.5, 0.6) is 0 Å². The first-order valence-corrected chi connectivity index (χ1v) is 8.04. The second-order valence-electron chi connectivity index (χ2n) is 6.08. The summed E-state index contributed by atoms with van der Waals surface area (Å²) in [5.74, 6) is 1.75. The number of nitrogens with zero attached hydrogens (tertiary/aromatic N) is 2. The second kappa shape index (κ2) is 6.93. The molecule has 0 saturated carbocycles. The lowest BCUT2D eigenvalue weighted by Gasteiger charge is -2.05. The fourth-order valence-electron chi connectivity index (χ4n) is 2.54. The smallest absolute Gasteiger partial charge is 0.310 e. The molecule has 1 aromatic carbocycles. The van der Waals surface area contributed by atoms with E-state index >= 15 is 0 Å². The number of ether oxygens (including phenoxy) is 1. The Kier molecular flexibility index (Phi) is 4.70. The minimum Gasteiger partial charge on any atom is -0.466 e. The molecule has 0 atom stereocenters. The predicted molar refractivity (Wildman–Crippen MR) is 90.9 cm³/mol. The van der Waals surface area contributed by atoms with Crippen molar-refractivity contribution in [1.82, 2.24) is 10.2 Å². The molecule has 0 aliphatic rings. The molecule has 3 rings (SSSR count). The maximum absolute atomic E-state index is 12.0. The van der Waals surface area contributed by atoms with Gasteiger partial charge in [0.15, 0.2) is 6.61 Å². The number of rotatable bonds is 5. The van der Waals surface area contributed by atoms with Gasteiger partial charge >= 0.3 is 5.97 Å². The summed E-state index contributed by atoms with van der Waals surface area (Å²) in [6.45, 7) is 7.68. The summed E-state index contributed by atoms with van der Waals surface area (Å²) in [7, 11) is 0. The zero-order valence-corrected chi connectivity index (χ0v) is 14.8. The normalized spacial score (nSPS) is 10.9. The first-order chi connectivity index (χ1) is 11.9. The van der Waals surface area contributed by atoms with Crippen molar-refractivity contribution < 1.29 is 18.4 Å². The second-order valence-corrected chi connectivity index (χ2v) is 6.08. The molecule has 2 aromatic heterocycles. The van der Waals surface area contributed by atoms with Gasteiger partial charge in [0.1, 0.15) is 11.5 Å². The number of aromatic nitrogens is 2. The van der Waals surface area contributed by atoms with E-state index in [-0.39, 0.29) is 24.9 Å². The molecular formula is C19H20N2O4. The van der Waals surface area contributed by atoms with Gasteiger partial charge in [0.25, 0.3) is 11.8 Å². The largest absolute Gasteiger partial charge is 0.466 e. The van der Waals surface area contributed by atoms with Crippen molar-refractivity contribution in [3.05, 3.63) is 58.4 Å². The van der Waals surface area contributed by atoms with Gasteiger partial charge in [-0.15, -0.1) is 10.2 Å². The highest BCUT2D eigenvalue weighted by Crippen LogP contribution is 2.25. The lowest BCUT2D eigenvalue weighted by molar-refractivity contribution is -0.144. The van der Waals surface area contributed by atoms with E-state index in [4.69, 9.17) is 13.6 Å². The van der Waals surface area contributed by atoms with E-state index in [1.165, 1.54) is 5.56 Å².